The number of hydrogen-bond acceptors (Lipinski definition) is 1. The Hall–Kier alpha value is -1.02. The minimum atomic E-state index is 0.0384. The Morgan fingerprint density at radius 3 is 2.90 bits per heavy atom. The van der Waals surface area contributed by atoms with Crippen molar-refractivity contribution in [2.45, 2.75) is 50.5 Å². The molecule has 0 spiro atoms. The summed E-state index contributed by atoms with van der Waals surface area (Å²) >= 11 is 6.00. The van der Waals surface area contributed by atoms with Crippen LogP contribution in [0.4, 0.5) is 0 Å². The van der Waals surface area contributed by atoms with Crippen LogP contribution in [0, 0.1) is 5.92 Å². The molecule has 3 unspecified atom stereocenters. The maximum atomic E-state index is 12.6. The second kappa shape index (κ2) is 6.17. The van der Waals surface area contributed by atoms with Crippen molar-refractivity contribution in [2.24, 2.45) is 5.92 Å². The van der Waals surface area contributed by atoms with Gasteiger partial charge in [-0.25, -0.2) is 0 Å². The molecule has 0 aliphatic heterocycles. The van der Waals surface area contributed by atoms with Crippen LogP contribution in [0.15, 0.2) is 24.3 Å². The molecule has 1 aromatic carbocycles. The minimum absolute atomic E-state index is 0.0384. The molecule has 0 heterocycles. The Balaban J connectivity index is 1.72. The minimum Gasteiger partial charge on any atom is -0.353 e. The Kier molecular flexibility index (Phi) is 4.30. The summed E-state index contributed by atoms with van der Waals surface area (Å²) in [6.07, 6.45) is 6.60. The molecule has 108 valence electrons. The van der Waals surface area contributed by atoms with Crippen molar-refractivity contribution in [3.05, 3.63) is 35.4 Å². The number of alkyl halides is 1. The molecule has 1 fully saturated rings. The number of carbonyl (C=O) groups excluding carboxylic acids is 1. The summed E-state index contributed by atoms with van der Waals surface area (Å²) in [6, 6.07) is 8.67. The highest BCUT2D eigenvalue weighted by atomic mass is 35.5. The lowest BCUT2D eigenvalue weighted by atomic mass is 9.82. The number of halogens is 1. The van der Waals surface area contributed by atoms with Crippen molar-refractivity contribution in [3.63, 3.8) is 0 Å². The fourth-order valence-electron chi connectivity index (χ4n) is 3.72. The Labute approximate surface area is 125 Å². The van der Waals surface area contributed by atoms with Crippen LogP contribution in [-0.4, -0.2) is 17.8 Å². The topological polar surface area (TPSA) is 29.1 Å². The monoisotopic (exact) mass is 291 g/mol. The number of benzene rings is 1. The van der Waals surface area contributed by atoms with E-state index in [0.29, 0.717) is 11.8 Å². The number of amides is 1. The van der Waals surface area contributed by atoms with Crippen molar-refractivity contribution in [1.82, 2.24) is 5.32 Å². The SMILES string of the molecule is O=C(NC1CCCC1CCl)C1CCCc2ccccc21. The highest BCUT2D eigenvalue weighted by molar-refractivity contribution is 6.18. The lowest BCUT2D eigenvalue weighted by molar-refractivity contribution is -0.123. The summed E-state index contributed by atoms with van der Waals surface area (Å²) in [7, 11) is 0. The molecule has 2 nitrogen and oxygen atoms in total. The first kappa shape index (κ1) is 13.9. The van der Waals surface area contributed by atoms with Gasteiger partial charge in [0, 0.05) is 11.9 Å². The second-order valence-corrected chi connectivity index (χ2v) is 6.41. The van der Waals surface area contributed by atoms with Crippen molar-refractivity contribution in [1.29, 1.82) is 0 Å². The van der Waals surface area contributed by atoms with Crippen LogP contribution < -0.4 is 5.32 Å². The Morgan fingerprint density at radius 1 is 1.20 bits per heavy atom. The van der Waals surface area contributed by atoms with E-state index in [0.717, 1.165) is 32.1 Å². The molecule has 1 amide bonds. The zero-order valence-electron chi connectivity index (χ0n) is 11.8. The van der Waals surface area contributed by atoms with Crippen LogP contribution in [0.2, 0.25) is 0 Å². The van der Waals surface area contributed by atoms with Crippen molar-refractivity contribution < 1.29 is 4.79 Å². The van der Waals surface area contributed by atoms with Gasteiger partial charge in [0.05, 0.1) is 5.92 Å². The first-order chi connectivity index (χ1) is 9.79. The van der Waals surface area contributed by atoms with Crippen molar-refractivity contribution in [3.8, 4) is 0 Å². The van der Waals surface area contributed by atoms with Crippen LogP contribution in [0.25, 0.3) is 0 Å². The number of hydrogen-bond donors (Lipinski definition) is 1. The van der Waals surface area contributed by atoms with Gasteiger partial charge < -0.3 is 5.32 Å². The van der Waals surface area contributed by atoms with Crippen LogP contribution in [0.5, 0.6) is 0 Å². The number of rotatable bonds is 3. The van der Waals surface area contributed by atoms with Gasteiger partial charge in [0.15, 0.2) is 0 Å². The maximum Gasteiger partial charge on any atom is 0.227 e. The molecule has 2 aliphatic rings. The smallest absolute Gasteiger partial charge is 0.227 e. The fraction of sp³-hybridized carbons (Fsp3) is 0.588. The van der Waals surface area contributed by atoms with Gasteiger partial charge in [-0.1, -0.05) is 30.7 Å². The lowest BCUT2D eigenvalue weighted by Gasteiger charge is -2.27. The van der Waals surface area contributed by atoms with Gasteiger partial charge in [0.25, 0.3) is 0 Å². The van der Waals surface area contributed by atoms with E-state index in [4.69, 9.17) is 11.6 Å². The molecular formula is C17H22ClNO. The number of aryl methyl sites for hydroxylation is 1. The summed E-state index contributed by atoms with van der Waals surface area (Å²) in [5, 5.41) is 3.27. The molecule has 3 rings (SSSR count). The fourth-order valence-corrected chi connectivity index (χ4v) is 4.09. The van der Waals surface area contributed by atoms with E-state index >= 15 is 0 Å². The predicted molar refractivity (Wildman–Crippen MR) is 82.1 cm³/mol. The van der Waals surface area contributed by atoms with Crippen LogP contribution in [0.1, 0.15) is 49.1 Å². The Morgan fingerprint density at radius 2 is 2.05 bits per heavy atom. The average molecular weight is 292 g/mol. The largest absolute Gasteiger partial charge is 0.353 e. The third-order valence-corrected chi connectivity index (χ3v) is 5.27. The van der Waals surface area contributed by atoms with Crippen molar-refractivity contribution >= 4 is 17.5 Å². The van der Waals surface area contributed by atoms with Gasteiger partial charge in [-0.3, -0.25) is 4.79 Å². The van der Waals surface area contributed by atoms with E-state index in [1.54, 1.807) is 0 Å². The third kappa shape index (κ3) is 2.71. The summed E-state index contributed by atoms with van der Waals surface area (Å²) in [5.74, 6) is 1.36. The highest BCUT2D eigenvalue weighted by Gasteiger charge is 2.32. The van der Waals surface area contributed by atoms with Crippen LogP contribution >= 0.6 is 11.6 Å². The summed E-state index contributed by atoms with van der Waals surface area (Å²) < 4.78 is 0. The average Bonchev–Trinajstić information content (AvgIpc) is 2.93. The summed E-state index contributed by atoms with van der Waals surface area (Å²) in [6.45, 7) is 0. The maximum absolute atomic E-state index is 12.6. The van der Waals surface area contributed by atoms with E-state index in [1.807, 2.05) is 6.07 Å². The molecule has 0 bridgehead atoms. The van der Waals surface area contributed by atoms with E-state index in [1.165, 1.54) is 17.5 Å². The molecule has 0 aromatic heterocycles. The van der Waals surface area contributed by atoms with E-state index in [-0.39, 0.29) is 17.9 Å². The zero-order valence-corrected chi connectivity index (χ0v) is 12.5. The molecule has 0 radical (unpaired) electrons. The molecule has 1 N–H and O–H groups in total. The molecule has 3 atom stereocenters. The number of fused-ring (bicyclic) bond motifs is 1. The molecule has 3 heteroatoms. The highest BCUT2D eigenvalue weighted by Crippen LogP contribution is 2.33. The number of nitrogens with one attached hydrogen (secondary N) is 1. The van der Waals surface area contributed by atoms with Gasteiger partial charge in [0.2, 0.25) is 5.91 Å². The van der Waals surface area contributed by atoms with Gasteiger partial charge in [-0.15, -0.1) is 11.6 Å². The standard InChI is InChI=1S/C17H22ClNO/c18-11-13-7-4-10-16(13)19-17(20)15-9-3-6-12-5-1-2-8-14(12)15/h1-2,5,8,13,15-16H,3-4,6-7,9-11H2,(H,19,20). The first-order valence-electron chi connectivity index (χ1n) is 7.73. The number of carbonyl (C=O) groups is 1. The quantitative estimate of drug-likeness (QED) is 0.847. The molecule has 1 saturated carbocycles. The van der Waals surface area contributed by atoms with E-state index in [2.05, 4.69) is 23.5 Å². The zero-order chi connectivity index (χ0) is 13.9. The van der Waals surface area contributed by atoms with E-state index < -0.39 is 0 Å². The van der Waals surface area contributed by atoms with Gasteiger partial charge in [-0.2, -0.15) is 0 Å². The van der Waals surface area contributed by atoms with Gasteiger partial charge in [0.1, 0.15) is 0 Å². The first-order valence-corrected chi connectivity index (χ1v) is 8.27. The predicted octanol–water partition coefficient (Wildman–Crippen LogP) is 3.63. The second-order valence-electron chi connectivity index (χ2n) is 6.10. The molecule has 0 saturated heterocycles. The van der Waals surface area contributed by atoms with Crippen LogP contribution in [-0.2, 0) is 11.2 Å². The summed E-state index contributed by atoms with van der Waals surface area (Å²) in [5.41, 5.74) is 2.58. The van der Waals surface area contributed by atoms with Crippen molar-refractivity contribution in [2.75, 3.05) is 5.88 Å². The Bertz CT molecular complexity index is 488. The van der Waals surface area contributed by atoms with E-state index in [9.17, 15) is 4.79 Å². The van der Waals surface area contributed by atoms with Crippen LogP contribution in [0.3, 0.4) is 0 Å². The molecule has 2 aliphatic carbocycles. The lowest BCUT2D eigenvalue weighted by Crippen LogP contribution is -2.41. The third-order valence-electron chi connectivity index (χ3n) is 4.87. The summed E-state index contributed by atoms with van der Waals surface area (Å²) in [4.78, 5) is 12.6. The van der Waals surface area contributed by atoms with Gasteiger partial charge >= 0.3 is 0 Å². The molecule has 1 aromatic rings. The molecule has 20 heavy (non-hydrogen) atoms. The molecular weight excluding hydrogens is 270 g/mol. The van der Waals surface area contributed by atoms with Gasteiger partial charge in [-0.05, 0) is 49.1 Å². The normalized spacial score (nSPS) is 28.9.